The van der Waals surface area contributed by atoms with Crippen LogP contribution in [0.15, 0.2) is 47.6 Å². The van der Waals surface area contributed by atoms with E-state index < -0.39 is 16.0 Å². The van der Waals surface area contributed by atoms with Crippen molar-refractivity contribution in [3.05, 3.63) is 59.4 Å². The largest absolute Gasteiger partial charge is 0.465 e. The molecule has 0 spiro atoms. The Balaban J connectivity index is 1.92. The van der Waals surface area contributed by atoms with Crippen LogP contribution in [0.5, 0.6) is 0 Å². The number of nitrogens with one attached hydrogen (secondary N) is 1. The van der Waals surface area contributed by atoms with E-state index in [1.54, 1.807) is 36.5 Å². The summed E-state index contributed by atoms with van der Waals surface area (Å²) in [6.07, 6.45) is 4.82. The number of methoxy groups -OCH3 is 1. The number of carbonyl (C=O) groups is 1. The molecule has 0 amide bonds. The summed E-state index contributed by atoms with van der Waals surface area (Å²) in [4.78, 5) is 16.6. The molecule has 3 aromatic rings. The molecule has 29 heavy (non-hydrogen) atoms. The van der Waals surface area contributed by atoms with E-state index in [0.29, 0.717) is 16.6 Å². The highest BCUT2D eigenvalue weighted by atomic mass is 32.2. The molecule has 0 unspecified atom stereocenters. The third-order valence-corrected chi connectivity index (χ3v) is 7.08. The second-order valence-corrected chi connectivity index (χ2v) is 9.12. The van der Waals surface area contributed by atoms with Gasteiger partial charge >= 0.3 is 5.97 Å². The molecule has 7 nitrogen and oxygen atoms in total. The van der Waals surface area contributed by atoms with Crippen molar-refractivity contribution in [1.29, 1.82) is 0 Å². The van der Waals surface area contributed by atoms with Crippen molar-refractivity contribution >= 4 is 27.0 Å². The second kappa shape index (κ2) is 7.61. The van der Waals surface area contributed by atoms with Crippen molar-refractivity contribution < 1.29 is 17.9 Å². The van der Waals surface area contributed by atoms with Gasteiger partial charge < -0.3 is 10.1 Å². The zero-order valence-corrected chi connectivity index (χ0v) is 17.2. The summed E-state index contributed by atoms with van der Waals surface area (Å²) in [6.45, 7) is 3.64. The average molecular weight is 413 g/mol. The third-order valence-electron chi connectivity index (χ3n) is 5.42. The van der Waals surface area contributed by atoms with Gasteiger partial charge in [0.1, 0.15) is 0 Å². The van der Waals surface area contributed by atoms with E-state index in [4.69, 9.17) is 4.74 Å². The number of nitrogens with zero attached hydrogens (tertiary/aromatic N) is 2. The molecular weight excluding hydrogens is 390 g/mol. The highest BCUT2D eigenvalue weighted by molar-refractivity contribution is 7.90. The fourth-order valence-corrected chi connectivity index (χ4v) is 5.13. The molecule has 3 heterocycles. The van der Waals surface area contributed by atoms with E-state index >= 15 is 0 Å². The lowest BCUT2D eigenvalue weighted by molar-refractivity contribution is 0.0600. The number of esters is 1. The average Bonchev–Trinajstić information content (AvgIpc) is 3.14. The molecule has 2 aromatic heterocycles. The molecule has 0 atom stereocenters. The minimum absolute atomic E-state index is 0.197. The maximum absolute atomic E-state index is 13.3. The highest BCUT2D eigenvalue weighted by Crippen LogP contribution is 2.34. The van der Waals surface area contributed by atoms with Gasteiger partial charge in [-0.3, -0.25) is 0 Å². The SMILES string of the molecule is COC(=O)c1cnc2c(c1)c(C1CCNCC1)cn2S(=O)(=O)c1ccc(C)cc1. The Morgan fingerprint density at radius 3 is 2.55 bits per heavy atom. The molecule has 1 N–H and O–H groups in total. The Labute approximate surface area is 169 Å². The number of piperidine rings is 1. The Hall–Kier alpha value is -2.71. The highest BCUT2D eigenvalue weighted by Gasteiger charge is 2.27. The van der Waals surface area contributed by atoms with Crippen LogP contribution in [0.2, 0.25) is 0 Å². The molecule has 0 radical (unpaired) electrons. The molecular formula is C21H23N3O4S. The number of hydrogen-bond acceptors (Lipinski definition) is 6. The Morgan fingerprint density at radius 2 is 1.90 bits per heavy atom. The first-order valence-corrected chi connectivity index (χ1v) is 11.0. The van der Waals surface area contributed by atoms with Crippen LogP contribution in [-0.2, 0) is 14.8 Å². The summed E-state index contributed by atoms with van der Waals surface area (Å²) in [5, 5.41) is 4.00. The summed E-state index contributed by atoms with van der Waals surface area (Å²) in [6, 6.07) is 8.43. The number of ether oxygens (including phenoxy) is 1. The lowest BCUT2D eigenvalue weighted by Gasteiger charge is -2.22. The van der Waals surface area contributed by atoms with Gasteiger partial charge in [-0.05, 0) is 62.5 Å². The maximum atomic E-state index is 13.3. The lowest BCUT2D eigenvalue weighted by Crippen LogP contribution is -2.26. The summed E-state index contributed by atoms with van der Waals surface area (Å²) in [5.41, 5.74) is 2.51. The topological polar surface area (TPSA) is 90.3 Å². The van der Waals surface area contributed by atoms with Gasteiger partial charge in [-0.15, -0.1) is 0 Å². The molecule has 1 saturated heterocycles. The monoisotopic (exact) mass is 413 g/mol. The molecule has 0 aliphatic carbocycles. The van der Waals surface area contributed by atoms with Gasteiger partial charge in [0.2, 0.25) is 0 Å². The van der Waals surface area contributed by atoms with Crippen LogP contribution in [0, 0.1) is 6.92 Å². The zero-order valence-electron chi connectivity index (χ0n) is 16.4. The Kier molecular flexibility index (Phi) is 5.14. The first-order chi connectivity index (χ1) is 13.9. The normalized spacial score (nSPS) is 15.5. The molecule has 1 fully saturated rings. The summed E-state index contributed by atoms with van der Waals surface area (Å²) in [5.74, 6) is -0.298. The molecule has 1 aromatic carbocycles. The van der Waals surface area contributed by atoms with E-state index in [1.165, 1.54) is 17.3 Å². The summed E-state index contributed by atoms with van der Waals surface area (Å²) < 4.78 is 32.8. The van der Waals surface area contributed by atoms with Crippen molar-refractivity contribution in [2.45, 2.75) is 30.6 Å². The molecule has 8 heteroatoms. The van der Waals surface area contributed by atoms with Crippen molar-refractivity contribution in [3.8, 4) is 0 Å². The standard InChI is InChI=1S/C21H23N3O4S/c1-14-3-5-17(6-4-14)29(26,27)24-13-19(15-7-9-22-10-8-15)18-11-16(21(25)28-2)12-23-20(18)24/h3-6,11-13,15,22H,7-10H2,1-2H3. The number of pyridine rings is 1. The molecule has 1 aliphatic heterocycles. The van der Waals surface area contributed by atoms with Crippen LogP contribution in [0.25, 0.3) is 11.0 Å². The Morgan fingerprint density at radius 1 is 1.21 bits per heavy atom. The Bertz CT molecular complexity index is 1160. The third kappa shape index (κ3) is 3.54. The fraction of sp³-hybridized carbons (Fsp3) is 0.333. The van der Waals surface area contributed by atoms with Crippen molar-refractivity contribution in [3.63, 3.8) is 0 Å². The predicted molar refractivity (Wildman–Crippen MR) is 110 cm³/mol. The van der Waals surface area contributed by atoms with Gasteiger partial charge in [0, 0.05) is 17.8 Å². The quantitative estimate of drug-likeness (QED) is 0.662. The summed E-state index contributed by atoms with van der Waals surface area (Å²) >= 11 is 0. The number of benzene rings is 1. The van der Waals surface area contributed by atoms with E-state index in [2.05, 4.69) is 10.3 Å². The van der Waals surface area contributed by atoms with Crippen LogP contribution in [0.3, 0.4) is 0 Å². The first kappa shape index (κ1) is 19.6. The van der Waals surface area contributed by atoms with Crippen molar-refractivity contribution in [2.75, 3.05) is 20.2 Å². The predicted octanol–water partition coefficient (Wildman–Crippen LogP) is 2.84. The van der Waals surface area contributed by atoms with Crippen LogP contribution < -0.4 is 5.32 Å². The van der Waals surface area contributed by atoms with Crippen molar-refractivity contribution in [1.82, 2.24) is 14.3 Å². The van der Waals surface area contributed by atoms with Gasteiger partial charge in [-0.2, -0.15) is 0 Å². The van der Waals surface area contributed by atoms with E-state index in [0.717, 1.165) is 37.1 Å². The number of rotatable bonds is 4. The minimum atomic E-state index is -3.82. The number of carbonyl (C=O) groups excluding carboxylic acids is 1. The number of aryl methyl sites for hydroxylation is 1. The molecule has 152 valence electrons. The van der Waals surface area contributed by atoms with E-state index in [-0.39, 0.29) is 10.8 Å². The molecule has 0 saturated carbocycles. The van der Waals surface area contributed by atoms with Crippen LogP contribution >= 0.6 is 0 Å². The van der Waals surface area contributed by atoms with Gasteiger partial charge in [0.05, 0.1) is 17.6 Å². The first-order valence-electron chi connectivity index (χ1n) is 9.54. The molecule has 0 bridgehead atoms. The fourth-order valence-electron chi connectivity index (χ4n) is 3.80. The number of hydrogen-bond donors (Lipinski definition) is 1. The van der Waals surface area contributed by atoms with Crippen LogP contribution in [-0.4, -0.2) is 43.5 Å². The van der Waals surface area contributed by atoms with Crippen LogP contribution in [0.4, 0.5) is 0 Å². The molecule has 4 rings (SSSR count). The van der Waals surface area contributed by atoms with E-state index in [1.807, 2.05) is 6.92 Å². The lowest BCUT2D eigenvalue weighted by atomic mass is 9.90. The number of aromatic nitrogens is 2. The number of fused-ring (bicyclic) bond motifs is 1. The van der Waals surface area contributed by atoms with Gasteiger partial charge in [0.25, 0.3) is 10.0 Å². The maximum Gasteiger partial charge on any atom is 0.339 e. The minimum Gasteiger partial charge on any atom is -0.465 e. The smallest absolute Gasteiger partial charge is 0.339 e. The van der Waals surface area contributed by atoms with Crippen LogP contribution in [0.1, 0.15) is 40.2 Å². The zero-order chi connectivity index (χ0) is 20.6. The van der Waals surface area contributed by atoms with E-state index in [9.17, 15) is 13.2 Å². The molecule has 1 aliphatic rings. The summed E-state index contributed by atoms with van der Waals surface area (Å²) in [7, 11) is -2.50. The van der Waals surface area contributed by atoms with Gasteiger partial charge in [0.15, 0.2) is 5.65 Å². The van der Waals surface area contributed by atoms with Crippen molar-refractivity contribution in [2.24, 2.45) is 0 Å². The second-order valence-electron chi connectivity index (χ2n) is 7.31. The van der Waals surface area contributed by atoms with Gasteiger partial charge in [-0.25, -0.2) is 22.2 Å². The van der Waals surface area contributed by atoms with Gasteiger partial charge in [-0.1, -0.05) is 17.7 Å².